The molecule has 0 fully saturated rings. The molecule has 1 aromatic rings. The van der Waals surface area contributed by atoms with E-state index in [2.05, 4.69) is 9.72 Å². The first-order valence-corrected chi connectivity index (χ1v) is 8.29. The zero-order valence-electron chi connectivity index (χ0n) is 12.4. The van der Waals surface area contributed by atoms with E-state index < -0.39 is 16.0 Å². The number of hydrogen-bond donors (Lipinski definition) is 0. The van der Waals surface area contributed by atoms with Crippen molar-refractivity contribution in [1.82, 2.24) is 9.29 Å². The first-order valence-electron chi connectivity index (χ1n) is 6.44. The number of ether oxygens (including phenoxy) is 2. The largest absolute Gasteiger partial charge is 0.464 e. The molecule has 1 heterocycles. The van der Waals surface area contributed by atoms with Crippen LogP contribution in [0, 0.1) is 0 Å². The molecule has 0 spiro atoms. The summed E-state index contributed by atoms with van der Waals surface area (Å²) < 4.78 is 39.4. The lowest BCUT2D eigenvalue weighted by atomic mass is 10.4. The number of methoxy groups -OCH3 is 1. The highest BCUT2D eigenvalue weighted by molar-refractivity contribution is 7.88. The molecule has 0 radical (unpaired) electrons. The van der Waals surface area contributed by atoms with E-state index in [1.807, 2.05) is 6.92 Å². The standard InChI is InChI=1S/C12H20N2O6S/c1-4-19-7-5-6-14(21(3,16)17)8-11-13-10(9-20-11)12(15)18-2/h9H,4-8H2,1-3H3. The zero-order chi connectivity index (χ0) is 15.9. The molecule has 0 aliphatic rings. The molecule has 0 unspecified atom stereocenters. The van der Waals surface area contributed by atoms with Gasteiger partial charge in [0, 0.05) is 19.8 Å². The molecule has 8 nitrogen and oxygen atoms in total. The Bertz CT molecular complexity index is 554. The van der Waals surface area contributed by atoms with Crippen LogP contribution in [-0.4, -0.2) is 56.8 Å². The number of sulfonamides is 1. The number of carbonyl (C=O) groups is 1. The van der Waals surface area contributed by atoms with E-state index in [9.17, 15) is 13.2 Å². The third-order valence-electron chi connectivity index (χ3n) is 2.63. The van der Waals surface area contributed by atoms with Gasteiger partial charge in [0.05, 0.1) is 19.9 Å². The van der Waals surface area contributed by atoms with Crippen molar-refractivity contribution in [2.45, 2.75) is 19.9 Å². The van der Waals surface area contributed by atoms with Crippen LogP contribution in [0.5, 0.6) is 0 Å². The van der Waals surface area contributed by atoms with E-state index >= 15 is 0 Å². The average molecular weight is 320 g/mol. The molecule has 120 valence electrons. The van der Waals surface area contributed by atoms with Crippen LogP contribution in [0.15, 0.2) is 10.7 Å². The number of esters is 1. The highest BCUT2D eigenvalue weighted by Crippen LogP contribution is 2.10. The molecule has 1 aromatic heterocycles. The van der Waals surface area contributed by atoms with Crippen molar-refractivity contribution < 1.29 is 27.1 Å². The van der Waals surface area contributed by atoms with Gasteiger partial charge in [-0.25, -0.2) is 18.2 Å². The Balaban J connectivity index is 2.68. The van der Waals surface area contributed by atoms with E-state index in [-0.39, 0.29) is 24.7 Å². The molecule has 0 bridgehead atoms. The van der Waals surface area contributed by atoms with Crippen molar-refractivity contribution in [3.63, 3.8) is 0 Å². The minimum Gasteiger partial charge on any atom is -0.464 e. The fourth-order valence-corrected chi connectivity index (χ4v) is 2.39. The SMILES string of the molecule is CCOCCCN(Cc1nc(C(=O)OC)co1)S(C)(=O)=O. The maximum atomic E-state index is 11.7. The maximum Gasteiger partial charge on any atom is 0.360 e. The minimum absolute atomic E-state index is 0.00951. The molecule has 0 aromatic carbocycles. The summed E-state index contributed by atoms with van der Waals surface area (Å²) >= 11 is 0. The highest BCUT2D eigenvalue weighted by Gasteiger charge is 2.20. The molecule has 0 atom stereocenters. The lowest BCUT2D eigenvalue weighted by Crippen LogP contribution is -2.31. The normalized spacial score (nSPS) is 11.8. The van der Waals surface area contributed by atoms with Gasteiger partial charge in [-0.2, -0.15) is 4.31 Å². The van der Waals surface area contributed by atoms with Gasteiger partial charge in [0.25, 0.3) is 0 Å². The average Bonchev–Trinajstić information content (AvgIpc) is 2.88. The summed E-state index contributed by atoms with van der Waals surface area (Å²) in [7, 11) is -2.18. The summed E-state index contributed by atoms with van der Waals surface area (Å²) in [5, 5.41) is 0. The van der Waals surface area contributed by atoms with E-state index in [0.717, 1.165) is 12.5 Å². The predicted octanol–water partition coefficient (Wildman–Crippen LogP) is 0.649. The van der Waals surface area contributed by atoms with Crippen LogP contribution < -0.4 is 0 Å². The molecule has 0 saturated carbocycles. The maximum absolute atomic E-state index is 11.7. The van der Waals surface area contributed by atoms with Crippen LogP contribution in [0.3, 0.4) is 0 Å². The van der Waals surface area contributed by atoms with Crippen LogP contribution in [0.1, 0.15) is 29.7 Å². The number of hydrogen-bond acceptors (Lipinski definition) is 7. The smallest absolute Gasteiger partial charge is 0.360 e. The van der Waals surface area contributed by atoms with Gasteiger partial charge in [0.2, 0.25) is 15.9 Å². The number of oxazole rings is 1. The molecular formula is C12H20N2O6S. The second kappa shape index (κ2) is 8.11. The molecule has 21 heavy (non-hydrogen) atoms. The zero-order valence-corrected chi connectivity index (χ0v) is 13.2. The van der Waals surface area contributed by atoms with Crippen LogP contribution >= 0.6 is 0 Å². The Hall–Kier alpha value is -1.45. The Morgan fingerprint density at radius 1 is 1.48 bits per heavy atom. The van der Waals surface area contributed by atoms with Gasteiger partial charge in [-0.15, -0.1) is 0 Å². The first kappa shape index (κ1) is 17.6. The van der Waals surface area contributed by atoms with Gasteiger partial charge < -0.3 is 13.9 Å². The third-order valence-corrected chi connectivity index (χ3v) is 3.88. The summed E-state index contributed by atoms with van der Waals surface area (Å²) in [5.74, 6) is -0.496. The first-order chi connectivity index (χ1) is 9.88. The monoisotopic (exact) mass is 320 g/mol. The van der Waals surface area contributed by atoms with Gasteiger partial charge in [0.15, 0.2) is 5.69 Å². The molecule has 0 amide bonds. The predicted molar refractivity (Wildman–Crippen MR) is 74.2 cm³/mol. The van der Waals surface area contributed by atoms with Gasteiger partial charge in [-0.3, -0.25) is 0 Å². The van der Waals surface area contributed by atoms with Crippen LogP contribution in [0.4, 0.5) is 0 Å². The van der Waals surface area contributed by atoms with Gasteiger partial charge in [0.1, 0.15) is 6.26 Å². The number of carbonyl (C=O) groups excluding carboxylic acids is 1. The van der Waals surface area contributed by atoms with Crippen molar-refractivity contribution in [2.24, 2.45) is 0 Å². The summed E-state index contributed by atoms with van der Waals surface area (Å²) in [6.45, 7) is 3.18. The molecule has 0 saturated heterocycles. The molecule has 1 rings (SSSR count). The van der Waals surface area contributed by atoms with Crippen molar-refractivity contribution >= 4 is 16.0 Å². The van der Waals surface area contributed by atoms with Crippen molar-refractivity contribution in [1.29, 1.82) is 0 Å². The van der Waals surface area contributed by atoms with Crippen molar-refractivity contribution in [2.75, 3.05) is 33.1 Å². The van der Waals surface area contributed by atoms with E-state index in [0.29, 0.717) is 19.6 Å². The Morgan fingerprint density at radius 3 is 2.76 bits per heavy atom. The number of nitrogens with zero attached hydrogens (tertiary/aromatic N) is 2. The lowest BCUT2D eigenvalue weighted by molar-refractivity contribution is 0.0594. The fourth-order valence-electron chi connectivity index (χ4n) is 1.58. The quantitative estimate of drug-likeness (QED) is 0.486. The van der Waals surface area contributed by atoms with Gasteiger partial charge >= 0.3 is 5.97 Å². The van der Waals surface area contributed by atoms with E-state index in [1.165, 1.54) is 11.4 Å². The second-order valence-electron chi connectivity index (χ2n) is 4.27. The van der Waals surface area contributed by atoms with E-state index in [4.69, 9.17) is 9.15 Å². The fraction of sp³-hybridized carbons (Fsp3) is 0.667. The molecule has 0 N–H and O–H groups in total. The Morgan fingerprint density at radius 2 is 2.19 bits per heavy atom. The van der Waals surface area contributed by atoms with E-state index in [1.54, 1.807) is 0 Å². The second-order valence-corrected chi connectivity index (χ2v) is 6.25. The lowest BCUT2D eigenvalue weighted by Gasteiger charge is -2.17. The van der Waals surface area contributed by atoms with Gasteiger partial charge in [-0.1, -0.05) is 0 Å². The summed E-state index contributed by atoms with van der Waals surface area (Å²) in [6.07, 6.45) is 2.81. The Labute approximate surface area is 124 Å². The summed E-state index contributed by atoms with van der Waals surface area (Å²) in [6, 6.07) is 0. The van der Waals surface area contributed by atoms with Crippen LogP contribution in [0.2, 0.25) is 0 Å². The third kappa shape index (κ3) is 5.82. The van der Waals surface area contributed by atoms with Gasteiger partial charge in [-0.05, 0) is 13.3 Å². The Kier molecular flexibility index (Phi) is 6.79. The summed E-state index contributed by atoms with van der Waals surface area (Å²) in [4.78, 5) is 15.2. The molecule has 9 heteroatoms. The topological polar surface area (TPSA) is 98.9 Å². The van der Waals surface area contributed by atoms with Crippen LogP contribution in [0.25, 0.3) is 0 Å². The minimum atomic E-state index is -3.41. The number of rotatable bonds is 9. The van der Waals surface area contributed by atoms with Crippen molar-refractivity contribution in [3.05, 3.63) is 17.8 Å². The highest BCUT2D eigenvalue weighted by atomic mass is 32.2. The molecular weight excluding hydrogens is 300 g/mol. The van der Waals surface area contributed by atoms with Crippen LogP contribution in [-0.2, 0) is 26.0 Å². The summed E-state index contributed by atoms with van der Waals surface area (Å²) in [5.41, 5.74) is 0.00951. The van der Waals surface area contributed by atoms with Crippen molar-refractivity contribution in [3.8, 4) is 0 Å². The number of aromatic nitrogens is 1. The molecule has 0 aliphatic heterocycles. The molecule has 0 aliphatic carbocycles.